The molecule has 1 aromatic carbocycles. The summed E-state index contributed by atoms with van der Waals surface area (Å²) in [5, 5.41) is 4.51. The van der Waals surface area contributed by atoms with Crippen LogP contribution in [0.4, 0.5) is 0 Å². The summed E-state index contributed by atoms with van der Waals surface area (Å²) in [6, 6.07) is 4.78. The lowest BCUT2D eigenvalue weighted by atomic mass is 10.1. The standard InChI is InChI=1S/C16H24BrNO2S/c1-4-21-13-6-5-12(9-13)18-10-11-7-14(17)16(20-3)15(8-11)19-2/h7-8,12-13,18H,4-6,9-10H2,1-3H3. The number of halogens is 1. The van der Waals surface area contributed by atoms with Crippen molar-refractivity contribution in [3.63, 3.8) is 0 Å². The van der Waals surface area contributed by atoms with Crippen LogP contribution < -0.4 is 14.8 Å². The molecule has 2 atom stereocenters. The first-order valence-corrected chi connectivity index (χ1v) is 9.27. The van der Waals surface area contributed by atoms with Gasteiger partial charge in [-0.05, 0) is 58.6 Å². The fourth-order valence-electron chi connectivity index (χ4n) is 2.85. The Morgan fingerprint density at radius 2 is 2.10 bits per heavy atom. The summed E-state index contributed by atoms with van der Waals surface area (Å²) >= 11 is 5.64. The van der Waals surface area contributed by atoms with Crippen molar-refractivity contribution in [3.05, 3.63) is 22.2 Å². The van der Waals surface area contributed by atoms with Crippen LogP contribution in [0, 0.1) is 0 Å². The summed E-state index contributed by atoms with van der Waals surface area (Å²) in [6.07, 6.45) is 3.91. The normalized spacial score (nSPS) is 21.5. The monoisotopic (exact) mass is 373 g/mol. The Bertz CT molecular complexity index is 470. The number of nitrogens with one attached hydrogen (secondary N) is 1. The number of hydrogen-bond acceptors (Lipinski definition) is 4. The predicted octanol–water partition coefficient (Wildman–Crippen LogP) is 4.23. The van der Waals surface area contributed by atoms with E-state index >= 15 is 0 Å². The molecular weight excluding hydrogens is 350 g/mol. The molecule has 0 heterocycles. The molecule has 1 saturated carbocycles. The Morgan fingerprint density at radius 3 is 2.76 bits per heavy atom. The zero-order chi connectivity index (χ0) is 15.2. The van der Waals surface area contributed by atoms with Crippen molar-refractivity contribution < 1.29 is 9.47 Å². The number of benzene rings is 1. The van der Waals surface area contributed by atoms with E-state index in [0.717, 1.165) is 27.8 Å². The highest BCUT2D eigenvalue weighted by molar-refractivity contribution is 9.10. The van der Waals surface area contributed by atoms with Gasteiger partial charge in [0.25, 0.3) is 0 Å². The molecule has 5 heteroatoms. The molecule has 0 saturated heterocycles. The van der Waals surface area contributed by atoms with Crippen molar-refractivity contribution in [3.8, 4) is 11.5 Å². The van der Waals surface area contributed by atoms with Crippen LogP contribution in [0.3, 0.4) is 0 Å². The lowest BCUT2D eigenvalue weighted by Crippen LogP contribution is -2.26. The Morgan fingerprint density at radius 1 is 1.29 bits per heavy atom. The molecule has 0 radical (unpaired) electrons. The van der Waals surface area contributed by atoms with Crippen molar-refractivity contribution in [2.75, 3.05) is 20.0 Å². The molecule has 0 bridgehead atoms. The maximum Gasteiger partial charge on any atom is 0.174 e. The van der Waals surface area contributed by atoms with Crippen molar-refractivity contribution in [1.29, 1.82) is 0 Å². The number of rotatable bonds is 7. The highest BCUT2D eigenvalue weighted by Crippen LogP contribution is 2.36. The van der Waals surface area contributed by atoms with E-state index in [9.17, 15) is 0 Å². The number of methoxy groups -OCH3 is 2. The Balaban J connectivity index is 1.93. The van der Waals surface area contributed by atoms with Crippen LogP contribution in [0.5, 0.6) is 11.5 Å². The molecule has 1 aliphatic rings. The minimum atomic E-state index is 0.640. The minimum Gasteiger partial charge on any atom is -0.493 e. The fraction of sp³-hybridized carbons (Fsp3) is 0.625. The Kier molecular flexibility index (Phi) is 6.71. The van der Waals surface area contributed by atoms with E-state index in [1.807, 2.05) is 6.07 Å². The first-order valence-electron chi connectivity index (χ1n) is 7.43. The number of ether oxygens (including phenoxy) is 2. The Labute approximate surface area is 140 Å². The van der Waals surface area contributed by atoms with Crippen LogP contribution in [0.2, 0.25) is 0 Å². The molecule has 21 heavy (non-hydrogen) atoms. The largest absolute Gasteiger partial charge is 0.493 e. The summed E-state index contributed by atoms with van der Waals surface area (Å²) in [7, 11) is 3.33. The van der Waals surface area contributed by atoms with Gasteiger partial charge in [-0.2, -0.15) is 11.8 Å². The molecule has 3 nitrogen and oxygen atoms in total. The SMILES string of the molecule is CCSC1CCC(NCc2cc(Br)c(OC)c(OC)c2)C1. The summed E-state index contributed by atoms with van der Waals surface area (Å²) in [5.41, 5.74) is 1.21. The second-order valence-corrected chi connectivity index (χ2v) is 7.71. The smallest absolute Gasteiger partial charge is 0.174 e. The van der Waals surface area contributed by atoms with E-state index in [0.29, 0.717) is 6.04 Å². The van der Waals surface area contributed by atoms with Crippen LogP contribution in [0.15, 0.2) is 16.6 Å². The molecule has 2 unspecified atom stereocenters. The predicted molar refractivity (Wildman–Crippen MR) is 93.6 cm³/mol. The molecule has 1 fully saturated rings. The molecule has 1 aliphatic carbocycles. The van der Waals surface area contributed by atoms with E-state index < -0.39 is 0 Å². The third-order valence-electron chi connectivity index (χ3n) is 3.88. The third kappa shape index (κ3) is 4.54. The first kappa shape index (κ1) is 17.0. The second kappa shape index (κ2) is 8.30. The molecule has 1 aromatic rings. The molecule has 2 rings (SSSR count). The lowest BCUT2D eigenvalue weighted by molar-refractivity contribution is 0.352. The number of hydrogen-bond donors (Lipinski definition) is 1. The lowest BCUT2D eigenvalue weighted by Gasteiger charge is -2.15. The highest BCUT2D eigenvalue weighted by Gasteiger charge is 2.24. The molecular formula is C16H24BrNO2S. The summed E-state index contributed by atoms with van der Waals surface area (Å²) in [5.74, 6) is 2.75. The van der Waals surface area contributed by atoms with Gasteiger partial charge in [-0.1, -0.05) is 6.92 Å². The molecule has 0 aliphatic heterocycles. The van der Waals surface area contributed by atoms with Crippen LogP contribution in [-0.4, -0.2) is 31.3 Å². The van der Waals surface area contributed by atoms with Gasteiger partial charge in [-0.3, -0.25) is 0 Å². The third-order valence-corrected chi connectivity index (χ3v) is 5.70. The fourth-order valence-corrected chi connectivity index (χ4v) is 4.64. The topological polar surface area (TPSA) is 30.5 Å². The van der Waals surface area contributed by atoms with Gasteiger partial charge in [0.15, 0.2) is 11.5 Å². The van der Waals surface area contributed by atoms with Gasteiger partial charge < -0.3 is 14.8 Å². The van der Waals surface area contributed by atoms with Crippen molar-refractivity contribution in [2.45, 2.75) is 44.0 Å². The minimum absolute atomic E-state index is 0.640. The maximum atomic E-state index is 5.39. The van der Waals surface area contributed by atoms with E-state index in [4.69, 9.17) is 9.47 Å². The van der Waals surface area contributed by atoms with E-state index in [1.165, 1.54) is 30.6 Å². The molecule has 0 spiro atoms. The van der Waals surface area contributed by atoms with Gasteiger partial charge in [-0.25, -0.2) is 0 Å². The van der Waals surface area contributed by atoms with E-state index in [1.54, 1.807) is 14.2 Å². The second-order valence-electron chi connectivity index (χ2n) is 5.28. The van der Waals surface area contributed by atoms with Crippen molar-refractivity contribution >= 4 is 27.7 Å². The van der Waals surface area contributed by atoms with Crippen LogP contribution in [0.25, 0.3) is 0 Å². The van der Waals surface area contributed by atoms with E-state index in [2.05, 4.69) is 46.0 Å². The molecule has 0 aromatic heterocycles. The average Bonchev–Trinajstić information content (AvgIpc) is 2.92. The summed E-state index contributed by atoms with van der Waals surface area (Å²) < 4.78 is 11.7. The quantitative estimate of drug-likeness (QED) is 0.774. The summed E-state index contributed by atoms with van der Waals surface area (Å²) in [6.45, 7) is 3.11. The Hall–Kier alpha value is -0.390. The van der Waals surface area contributed by atoms with Crippen LogP contribution in [-0.2, 0) is 6.54 Å². The zero-order valence-corrected chi connectivity index (χ0v) is 15.4. The maximum absolute atomic E-state index is 5.39. The average molecular weight is 374 g/mol. The van der Waals surface area contributed by atoms with Gasteiger partial charge in [0, 0.05) is 17.8 Å². The van der Waals surface area contributed by atoms with Gasteiger partial charge in [0.2, 0.25) is 0 Å². The van der Waals surface area contributed by atoms with Crippen LogP contribution >= 0.6 is 27.7 Å². The summed E-state index contributed by atoms with van der Waals surface area (Å²) in [4.78, 5) is 0. The van der Waals surface area contributed by atoms with E-state index in [-0.39, 0.29) is 0 Å². The molecule has 1 N–H and O–H groups in total. The van der Waals surface area contributed by atoms with Gasteiger partial charge in [0.1, 0.15) is 0 Å². The first-order chi connectivity index (χ1) is 10.2. The van der Waals surface area contributed by atoms with Gasteiger partial charge >= 0.3 is 0 Å². The number of thioether (sulfide) groups is 1. The van der Waals surface area contributed by atoms with Gasteiger partial charge in [-0.15, -0.1) is 0 Å². The highest BCUT2D eigenvalue weighted by atomic mass is 79.9. The molecule has 0 amide bonds. The van der Waals surface area contributed by atoms with Crippen molar-refractivity contribution in [1.82, 2.24) is 5.32 Å². The molecule has 118 valence electrons. The van der Waals surface area contributed by atoms with Crippen molar-refractivity contribution in [2.24, 2.45) is 0 Å². The van der Waals surface area contributed by atoms with Crippen LogP contribution in [0.1, 0.15) is 31.7 Å². The van der Waals surface area contributed by atoms with Gasteiger partial charge in [0.05, 0.1) is 18.7 Å². The zero-order valence-electron chi connectivity index (χ0n) is 12.9.